The summed E-state index contributed by atoms with van der Waals surface area (Å²) in [6, 6.07) is 4.07. The highest BCUT2D eigenvalue weighted by Gasteiger charge is 1.92. The molecule has 1 aromatic rings. The number of pyridine rings is 1. The van der Waals surface area contributed by atoms with E-state index in [4.69, 9.17) is 0 Å². The fourth-order valence-corrected chi connectivity index (χ4v) is 1.52. The molecule has 0 saturated carbocycles. The summed E-state index contributed by atoms with van der Waals surface area (Å²) in [6.45, 7) is 2.16. The molecule has 0 aromatic carbocycles. The van der Waals surface area contributed by atoms with Crippen LogP contribution in [-0.4, -0.2) is 10.7 Å². The molecule has 3 heteroatoms. The monoisotopic (exact) mass is 231 g/mol. The van der Waals surface area contributed by atoms with E-state index in [9.17, 15) is 0 Å². The van der Waals surface area contributed by atoms with Gasteiger partial charge < -0.3 is 0 Å². The molecule has 0 unspecified atom stereocenters. The van der Waals surface area contributed by atoms with Gasteiger partial charge in [-0.05, 0) is 33.8 Å². The van der Waals surface area contributed by atoms with Crippen molar-refractivity contribution in [3.05, 3.63) is 28.5 Å². The van der Waals surface area contributed by atoms with Crippen LogP contribution in [0.4, 0.5) is 0 Å². The standard InChI is InChI=1S/C8H10BrNS/c1-2-11-6-8-4-3-7(9)5-10-8/h3-5H,2,6H2,1H3. The lowest BCUT2D eigenvalue weighted by Crippen LogP contribution is -1.85. The minimum atomic E-state index is 1.02. The third kappa shape index (κ3) is 3.25. The van der Waals surface area contributed by atoms with Crippen LogP contribution in [0.5, 0.6) is 0 Å². The topological polar surface area (TPSA) is 12.9 Å². The van der Waals surface area contributed by atoms with Crippen LogP contribution < -0.4 is 0 Å². The van der Waals surface area contributed by atoms with Crippen molar-refractivity contribution >= 4 is 27.7 Å². The molecule has 1 nitrogen and oxygen atoms in total. The van der Waals surface area contributed by atoms with Crippen molar-refractivity contribution < 1.29 is 0 Å². The van der Waals surface area contributed by atoms with Gasteiger partial charge in [0.15, 0.2) is 0 Å². The Bertz CT molecular complexity index is 210. The van der Waals surface area contributed by atoms with E-state index >= 15 is 0 Å². The van der Waals surface area contributed by atoms with Crippen LogP contribution in [0.2, 0.25) is 0 Å². The summed E-state index contributed by atoms with van der Waals surface area (Å²) in [7, 11) is 0. The summed E-state index contributed by atoms with van der Waals surface area (Å²) in [5.74, 6) is 2.17. The molecule has 1 aromatic heterocycles. The molecule has 11 heavy (non-hydrogen) atoms. The molecule has 0 aliphatic heterocycles. The average molecular weight is 232 g/mol. The summed E-state index contributed by atoms with van der Waals surface area (Å²) in [4.78, 5) is 4.25. The van der Waals surface area contributed by atoms with Crippen molar-refractivity contribution in [2.75, 3.05) is 5.75 Å². The molecule has 0 bridgehead atoms. The van der Waals surface area contributed by atoms with Crippen LogP contribution in [0.1, 0.15) is 12.6 Å². The predicted molar refractivity (Wildman–Crippen MR) is 53.8 cm³/mol. The van der Waals surface area contributed by atoms with Gasteiger partial charge in [-0.15, -0.1) is 0 Å². The van der Waals surface area contributed by atoms with E-state index in [1.54, 1.807) is 0 Å². The second-order valence-corrected chi connectivity index (χ2v) is 4.29. The van der Waals surface area contributed by atoms with Crippen molar-refractivity contribution in [2.45, 2.75) is 12.7 Å². The van der Waals surface area contributed by atoms with Gasteiger partial charge in [-0.2, -0.15) is 11.8 Å². The minimum absolute atomic E-state index is 1.02. The van der Waals surface area contributed by atoms with Crippen LogP contribution >= 0.6 is 27.7 Å². The number of nitrogens with zero attached hydrogens (tertiary/aromatic N) is 1. The number of hydrogen-bond donors (Lipinski definition) is 0. The second-order valence-electron chi connectivity index (χ2n) is 2.10. The smallest absolute Gasteiger partial charge is 0.0503 e. The molecule has 1 rings (SSSR count). The Balaban J connectivity index is 2.52. The Morgan fingerprint density at radius 3 is 2.91 bits per heavy atom. The number of halogens is 1. The van der Waals surface area contributed by atoms with Gasteiger partial charge in [-0.3, -0.25) is 4.98 Å². The summed E-state index contributed by atoms with van der Waals surface area (Å²) in [5, 5.41) is 0. The Hall–Kier alpha value is -0.0200. The van der Waals surface area contributed by atoms with E-state index in [0.29, 0.717) is 0 Å². The maximum atomic E-state index is 4.25. The Morgan fingerprint density at radius 1 is 1.55 bits per heavy atom. The number of aromatic nitrogens is 1. The largest absolute Gasteiger partial charge is 0.259 e. The lowest BCUT2D eigenvalue weighted by atomic mass is 10.4. The highest BCUT2D eigenvalue weighted by molar-refractivity contribution is 9.10. The normalized spacial score (nSPS) is 10.0. The lowest BCUT2D eigenvalue weighted by molar-refractivity contribution is 1.16. The zero-order chi connectivity index (χ0) is 8.10. The van der Waals surface area contributed by atoms with E-state index in [-0.39, 0.29) is 0 Å². The fraction of sp³-hybridized carbons (Fsp3) is 0.375. The van der Waals surface area contributed by atoms with Crippen LogP contribution in [0.25, 0.3) is 0 Å². The maximum Gasteiger partial charge on any atom is 0.0503 e. The van der Waals surface area contributed by atoms with Crippen LogP contribution in [0.15, 0.2) is 22.8 Å². The van der Waals surface area contributed by atoms with E-state index < -0.39 is 0 Å². The molecule has 60 valence electrons. The van der Waals surface area contributed by atoms with Gasteiger partial charge >= 0.3 is 0 Å². The van der Waals surface area contributed by atoms with Crippen molar-refractivity contribution in [3.63, 3.8) is 0 Å². The molecule has 0 fully saturated rings. The van der Waals surface area contributed by atoms with Gasteiger partial charge in [0, 0.05) is 16.4 Å². The first-order chi connectivity index (χ1) is 5.33. The van der Waals surface area contributed by atoms with E-state index in [2.05, 4.69) is 27.8 Å². The van der Waals surface area contributed by atoms with Crippen LogP contribution in [-0.2, 0) is 5.75 Å². The molecule has 0 aliphatic carbocycles. The van der Waals surface area contributed by atoms with Gasteiger partial charge in [0.2, 0.25) is 0 Å². The van der Waals surface area contributed by atoms with Crippen LogP contribution in [0, 0.1) is 0 Å². The molecular weight excluding hydrogens is 222 g/mol. The molecule has 1 heterocycles. The minimum Gasteiger partial charge on any atom is -0.259 e. The number of hydrogen-bond acceptors (Lipinski definition) is 2. The van der Waals surface area contributed by atoms with E-state index in [1.165, 1.54) is 0 Å². The molecule has 0 atom stereocenters. The van der Waals surface area contributed by atoms with E-state index in [1.807, 2.05) is 30.1 Å². The zero-order valence-corrected chi connectivity index (χ0v) is 8.78. The highest BCUT2D eigenvalue weighted by Crippen LogP contribution is 2.12. The second kappa shape index (κ2) is 4.78. The zero-order valence-electron chi connectivity index (χ0n) is 6.38. The van der Waals surface area contributed by atoms with Gasteiger partial charge in [0.05, 0.1) is 5.69 Å². The van der Waals surface area contributed by atoms with Crippen molar-refractivity contribution in [3.8, 4) is 0 Å². The van der Waals surface area contributed by atoms with Gasteiger partial charge in [0.1, 0.15) is 0 Å². The SMILES string of the molecule is CCSCc1ccc(Br)cn1. The maximum absolute atomic E-state index is 4.25. The molecular formula is C8H10BrNS. The molecule has 0 amide bonds. The average Bonchev–Trinajstić information content (AvgIpc) is 2.04. The van der Waals surface area contributed by atoms with E-state index in [0.717, 1.165) is 21.7 Å². The third-order valence-corrected chi connectivity index (χ3v) is 2.62. The Kier molecular flexibility index (Phi) is 3.94. The molecule has 0 aliphatic rings. The van der Waals surface area contributed by atoms with Gasteiger partial charge in [-0.1, -0.05) is 6.92 Å². The first kappa shape index (κ1) is 9.07. The van der Waals surface area contributed by atoms with Crippen molar-refractivity contribution in [1.29, 1.82) is 0 Å². The number of rotatable bonds is 3. The first-order valence-corrected chi connectivity index (χ1v) is 5.46. The number of thioether (sulfide) groups is 1. The quantitative estimate of drug-likeness (QED) is 0.794. The van der Waals surface area contributed by atoms with Crippen molar-refractivity contribution in [2.24, 2.45) is 0 Å². The molecule has 0 N–H and O–H groups in total. The molecule has 0 radical (unpaired) electrons. The summed E-state index contributed by atoms with van der Waals surface area (Å²) >= 11 is 5.23. The molecule has 0 spiro atoms. The lowest BCUT2D eigenvalue weighted by Gasteiger charge is -1.97. The van der Waals surface area contributed by atoms with Gasteiger partial charge in [-0.25, -0.2) is 0 Å². The summed E-state index contributed by atoms with van der Waals surface area (Å²) in [5.41, 5.74) is 1.15. The predicted octanol–water partition coefficient (Wildman–Crippen LogP) is 3.10. The third-order valence-electron chi connectivity index (χ3n) is 1.24. The fourth-order valence-electron chi connectivity index (χ4n) is 0.698. The summed E-state index contributed by atoms with van der Waals surface area (Å²) < 4.78 is 1.04. The van der Waals surface area contributed by atoms with Crippen molar-refractivity contribution in [1.82, 2.24) is 4.98 Å². The molecule has 0 saturated heterocycles. The Morgan fingerprint density at radius 2 is 2.36 bits per heavy atom. The highest BCUT2D eigenvalue weighted by atomic mass is 79.9. The van der Waals surface area contributed by atoms with Crippen LogP contribution in [0.3, 0.4) is 0 Å². The van der Waals surface area contributed by atoms with Gasteiger partial charge in [0.25, 0.3) is 0 Å². The first-order valence-electron chi connectivity index (χ1n) is 3.51. The Labute approximate surface area is 79.7 Å². The summed E-state index contributed by atoms with van der Waals surface area (Å²) in [6.07, 6.45) is 1.84.